The SMILES string of the molecule is CON(Cc1cccc2ccccc12)C(=O)/C=C1\OC(C)(C)OC1=O. The highest BCUT2D eigenvalue weighted by Gasteiger charge is 2.38. The number of hydrogen-bond acceptors (Lipinski definition) is 5. The predicted molar refractivity (Wildman–Crippen MR) is 90.8 cm³/mol. The molecule has 1 aliphatic rings. The summed E-state index contributed by atoms with van der Waals surface area (Å²) in [5.74, 6) is -2.37. The van der Waals surface area contributed by atoms with E-state index >= 15 is 0 Å². The van der Waals surface area contributed by atoms with E-state index in [2.05, 4.69) is 0 Å². The Hall–Kier alpha value is -2.86. The standard InChI is InChI=1S/C19H19NO5/c1-19(2)24-16(18(22)25-19)11-17(21)20(23-3)12-14-9-6-8-13-7-4-5-10-15(13)14/h4-11H,12H2,1-3H3/b16-11-. The fourth-order valence-electron chi connectivity index (χ4n) is 2.69. The molecule has 25 heavy (non-hydrogen) atoms. The number of benzene rings is 2. The van der Waals surface area contributed by atoms with Gasteiger partial charge in [-0.05, 0) is 16.3 Å². The largest absolute Gasteiger partial charge is 0.445 e. The second kappa shape index (κ2) is 6.57. The van der Waals surface area contributed by atoms with Gasteiger partial charge in [-0.25, -0.2) is 9.86 Å². The molecule has 1 aliphatic heterocycles. The molecular formula is C19H19NO5. The smallest absolute Gasteiger partial charge is 0.377 e. The first-order valence-electron chi connectivity index (χ1n) is 7.86. The number of hydrogen-bond donors (Lipinski definition) is 0. The molecule has 6 heteroatoms. The van der Waals surface area contributed by atoms with Crippen molar-refractivity contribution < 1.29 is 23.9 Å². The van der Waals surface area contributed by atoms with Crippen LogP contribution in [0, 0.1) is 0 Å². The molecule has 1 saturated heterocycles. The Morgan fingerprint density at radius 1 is 1.16 bits per heavy atom. The van der Waals surface area contributed by atoms with Gasteiger partial charge in [0.05, 0.1) is 19.7 Å². The molecule has 1 heterocycles. The van der Waals surface area contributed by atoms with Crippen molar-refractivity contribution in [2.75, 3.05) is 7.11 Å². The maximum atomic E-state index is 12.5. The highest BCUT2D eigenvalue weighted by Crippen LogP contribution is 2.26. The average Bonchev–Trinajstić information content (AvgIpc) is 2.84. The molecule has 0 aromatic heterocycles. The molecule has 0 bridgehead atoms. The molecule has 0 saturated carbocycles. The van der Waals surface area contributed by atoms with Crippen molar-refractivity contribution in [3.63, 3.8) is 0 Å². The number of rotatable bonds is 4. The molecule has 2 aromatic carbocycles. The molecule has 0 atom stereocenters. The molecule has 1 amide bonds. The Kier molecular flexibility index (Phi) is 4.46. The summed E-state index contributed by atoms with van der Waals surface area (Å²) < 4.78 is 10.3. The minimum Gasteiger partial charge on any atom is -0.445 e. The van der Waals surface area contributed by atoms with Gasteiger partial charge in [-0.2, -0.15) is 0 Å². The van der Waals surface area contributed by atoms with Crippen LogP contribution in [-0.4, -0.2) is 29.8 Å². The maximum Gasteiger partial charge on any atom is 0.377 e. The van der Waals surface area contributed by atoms with Gasteiger partial charge in [0.15, 0.2) is 0 Å². The lowest BCUT2D eigenvalue weighted by atomic mass is 10.0. The zero-order valence-electron chi connectivity index (χ0n) is 14.3. The topological polar surface area (TPSA) is 65.1 Å². The van der Waals surface area contributed by atoms with Crippen LogP contribution in [0.5, 0.6) is 0 Å². The van der Waals surface area contributed by atoms with Crippen LogP contribution in [0.25, 0.3) is 10.8 Å². The fourth-order valence-corrected chi connectivity index (χ4v) is 2.69. The van der Waals surface area contributed by atoms with Gasteiger partial charge in [0.25, 0.3) is 5.91 Å². The van der Waals surface area contributed by atoms with Crippen LogP contribution in [0.15, 0.2) is 54.3 Å². The molecule has 0 unspecified atom stereocenters. The summed E-state index contributed by atoms with van der Waals surface area (Å²) in [6, 6.07) is 13.8. The van der Waals surface area contributed by atoms with Crippen LogP contribution in [0.3, 0.4) is 0 Å². The Morgan fingerprint density at radius 3 is 2.56 bits per heavy atom. The molecule has 0 radical (unpaired) electrons. The predicted octanol–water partition coefficient (Wildman–Crippen LogP) is 2.92. The van der Waals surface area contributed by atoms with E-state index in [1.165, 1.54) is 7.11 Å². The third-order valence-electron chi connectivity index (χ3n) is 3.81. The average molecular weight is 341 g/mol. The van der Waals surface area contributed by atoms with Crippen LogP contribution in [0.1, 0.15) is 19.4 Å². The number of carbonyl (C=O) groups excluding carboxylic acids is 2. The lowest BCUT2D eigenvalue weighted by Gasteiger charge is -2.19. The first kappa shape index (κ1) is 17.0. The number of ether oxygens (including phenoxy) is 2. The molecule has 1 fully saturated rings. The first-order chi connectivity index (χ1) is 11.9. The van der Waals surface area contributed by atoms with Gasteiger partial charge in [-0.3, -0.25) is 9.63 Å². The van der Waals surface area contributed by atoms with Crippen molar-refractivity contribution in [1.29, 1.82) is 0 Å². The van der Waals surface area contributed by atoms with Gasteiger partial charge in [0, 0.05) is 13.8 Å². The normalized spacial score (nSPS) is 17.4. The lowest BCUT2D eigenvalue weighted by Crippen LogP contribution is -2.28. The van der Waals surface area contributed by atoms with Gasteiger partial charge in [-0.1, -0.05) is 42.5 Å². The van der Waals surface area contributed by atoms with E-state index in [1.54, 1.807) is 13.8 Å². The summed E-state index contributed by atoms with van der Waals surface area (Å²) in [5, 5.41) is 3.27. The van der Waals surface area contributed by atoms with Crippen LogP contribution in [0.4, 0.5) is 0 Å². The van der Waals surface area contributed by atoms with Gasteiger partial charge in [0.2, 0.25) is 11.5 Å². The Balaban J connectivity index is 1.83. The molecular weight excluding hydrogens is 322 g/mol. The molecule has 0 aliphatic carbocycles. The van der Waals surface area contributed by atoms with Crippen LogP contribution < -0.4 is 0 Å². The van der Waals surface area contributed by atoms with E-state index in [-0.39, 0.29) is 12.3 Å². The van der Waals surface area contributed by atoms with E-state index in [4.69, 9.17) is 14.3 Å². The van der Waals surface area contributed by atoms with Crippen molar-refractivity contribution in [2.45, 2.75) is 26.2 Å². The summed E-state index contributed by atoms with van der Waals surface area (Å²) in [5.41, 5.74) is 0.932. The van der Waals surface area contributed by atoms with E-state index in [9.17, 15) is 9.59 Å². The van der Waals surface area contributed by atoms with E-state index in [0.29, 0.717) is 0 Å². The van der Waals surface area contributed by atoms with Crippen molar-refractivity contribution >= 4 is 22.6 Å². The fraction of sp³-hybridized carbons (Fsp3) is 0.263. The Morgan fingerprint density at radius 2 is 1.88 bits per heavy atom. The van der Waals surface area contributed by atoms with Gasteiger partial charge >= 0.3 is 5.97 Å². The third kappa shape index (κ3) is 3.64. The molecule has 0 spiro atoms. The maximum absolute atomic E-state index is 12.5. The number of carbonyl (C=O) groups is 2. The number of cyclic esters (lactones) is 1. The Labute approximate surface area is 145 Å². The molecule has 3 rings (SSSR count). The van der Waals surface area contributed by atoms with Crippen molar-refractivity contribution in [1.82, 2.24) is 5.06 Å². The molecule has 2 aromatic rings. The number of nitrogens with zero attached hydrogens (tertiary/aromatic N) is 1. The summed E-state index contributed by atoms with van der Waals surface area (Å²) >= 11 is 0. The summed E-state index contributed by atoms with van der Waals surface area (Å²) in [4.78, 5) is 29.4. The third-order valence-corrected chi connectivity index (χ3v) is 3.81. The van der Waals surface area contributed by atoms with Crippen LogP contribution in [-0.2, 0) is 30.4 Å². The van der Waals surface area contributed by atoms with Crippen molar-refractivity contribution in [3.05, 3.63) is 59.9 Å². The van der Waals surface area contributed by atoms with Gasteiger partial charge < -0.3 is 9.47 Å². The molecule has 0 N–H and O–H groups in total. The zero-order chi connectivity index (χ0) is 18.0. The summed E-state index contributed by atoms with van der Waals surface area (Å²) in [6.07, 6.45) is 1.09. The second-order valence-electron chi connectivity index (χ2n) is 6.10. The minimum absolute atomic E-state index is 0.130. The van der Waals surface area contributed by atoms with Crippen LogP contribution in [0.2, 0.25) is 0 Å². The Bertz CT molecular complexity index is 851. The van der Waals surface area contributed by atoms with Crippen molar-refractivity contribution in [3.8, 4) is 0 Å². The van der Waals surface area contributed by atoms with Gasteiger partial charge in [-0.15, -0.1) is 0 Å². The van der Waals surface area contributed by atoms with E-state index in [1.807, 2.05) is 42.5 Å². The highest BCUT2D eigenvalue weighted by molar-refractivity contribution is 5.97. The van der Waals surface area contributed by atoms with E-state index in [0.717, 1.165) is 27.5 Å². The first-order valence-corrected chi connectivity index (χ1v) is 7.86. The van der Waals surface area contributed by atoms with Crippen molar-refractivity contribution in [2.24, 2.45) is 0 Å². The highest BCUT2D eigenvalue weighted by atomic mass is 16.8. The lowest BCUT2D eigenvalue weighted by molar-refractivity contribution is -0.173. The van der Waals surface area contributed by atoms with Crippen LogP contribution >= 0.6 is 0 Å². The van der Waals surface area contributed by atoms with E-state index < -0.39 is 17.7 Å². The number of fused-ring (bicyclic) bond motifs is 1. The molecule has 130 valence electrons. The van der Waals surface area contributed by atoms with Gasteiger partial charge in [0.1, 0.15) is 0 Å². The number of hydroxylamine groups is 2. The summed E-state index contributed by atoms with van der Waals surface area (Å²) in [7, 11) is 1.40. The molecule has 6 nitrogen and oxygen atoms in total. The number of amides is 1. The minimum atomic E-state index is -1.07. The zero-order valence-corrected chi connectivity index (χ0v) is 14.3. The quantitative estimate of drug-likeness (QED) is 0.486. The number of esters is 1. The summed E-state index contributed by atoms with van der Waals surface area (Å²) in [6.45, 7) is 3.43. The monoisotopic (exact) mass is 341 g/mol. The second-order valence-corrected chi connectivity index (χ2v) is 6.10.